The number of β-amino-alcohol motifs (C(OH)–C–C–N with tert-alkyl or cyclic N) is 1. The van der Waals surface area contributed by atoms with Crippen molar-refractivity contribution in [1.29, 1.82) is 0 Å². The predicted octanol–water partition coefficient (Wildman–Crippen LogP) is 2.25. The molecule has 0 saturated carbocycles. The van der Waals surface area contributed by atoms with Crippen molar-refractivity contribution in [2.75, 3.05) is 6.54 Å². The Morgan fingerprint density at radius 2 is 1.91 bits per heavy atom. The fourth-order valence-electron chi connectivity index (χ4n) is 3.98. The van der Waals surface area contributed by atoms with Gasteiger partial charge in [-0.25, -0.2) is 4.98 Å². The van der Waals surface area contributed by atoms with E-state index in [0.29, 0.717) is 6.54 Å². The Kier molecular flexibility index (Phi) is 7.54. The summed E-state index contributed by atoms with van der Waals surface area (Å²) in [6.07, 6.45) is -0.623. The van der Waals surface area contributed by atoms with E-state index in [0.717, 1.165) is 21.7 Å². The molecule has 1 aliphatic heterocycles. The average molecular weight is 473 g/mol. The number of rotatable bonds is 6. The van der Waals surface area contributed by atoms with Crippen molar-refractivity contribution in [2.45, 2.75) is 65.8 Å². The lowest BCUT2D eigenvalue weighted by atomic mass is 9.85. The van der Waals surface area contributed by atoms with E-state index >= 15 is 0 Å². The maximum Gasteiger partial charge on any atom is 0.246 e. The van der Waals surface area contributed by atoms with Crippen LogP contribution in [-0.4, -0.2) is 57.4 Å². The van der Waals surface area contributed by atoms with E-state index in [1.165, 1.54) is 11.8 Å². The molecule has 1 aliphatic rings. The minimum atomic E-state index is -0.793. The number of aryl methyl sites for hydroxylation is 1. The summed E-state index contributed by atoms with van der Waals surface area (Å²) in [6.45, 7) is 9.26. The molecule has 3 N–H and O–H groups in total. The third-order valence-electron chi connectivity index (χ3n) is 5.75. The number of nitrogens with zero attached hydrogens (tertiary/aromatic N) is 2. The molecule has 0 radical (unpaired) electrons. The molecule has 33 heavy (non-hydrogen) atoms. The number of amides is 3. The molecule has 8 nitrogen and oxygen atoms in total. The fraction of sp³-hybridized carbons (Fsp3) is 0.500. The van der Waals surface area contributed by atoms with Crippen molar-refractivity contribution in [1.82, 2.24) is 20.5 Å². The minimum Gasteiger partial charge on any atom is -0.391 e. The molecule has 1 aromatic heterocycles. The van der Waals surface area contributed by atoms with Gasteiger partial charge in [0.25, 0.3) is 0 Å². The summed E-state index contributed by atoms with van der Waals surface area (Å²) < 4.78 is 0. The van der Waals surface area contributed by atoms with E-state index in [-0.39, 0.29) is 30.7 Å². The standard InChI is InChI=1S/C24H32N4O4S/c1-14-20(33-13-26-14)17-8-6-16(7-9-17)11-25-22(31)19-10-18(30)12-28(19)23(32)21(24(3,4)5)27-15(2)29/h6-9,13,18-19,21,30H,10-12H2,1-5H3,(H,25,31)(H,27,29)/t18-,19+,21?/m1/s1. The highest BCUT2D eigenvalue weighted by Crippen LogP contribution is 2.28. The Labute approximate surface area is 198 Å². The molecule has 1 aromatic carbocycles. The zero-order valence-corrected chi connectivity index (χ0v) is 20.5. The van der Waals surface area contributed by atoms with Crippen LogP contribution in [0.3, 0.4) is 0 Å². The summed E-state index contributed by atoms with van der Waals surface area (Å²) in [4.78, 5) is 44.7. The van der Waals surface area contributed by atoms with Gasteiger partial charge in [0.2, 0.25) is 17.7 Å². The molecule has 2 aromatic rings. The molecule has 0 spiro atoms. The lowest BCUT2D eigenvalue weighted by Crippen LogP contribution is -2.57. The van der Waals surface area contributed by atoms with Crippen molar-refractivity contribution in [2.24, 2.45) is 5.41 Å². The number of carbonyl (C=O) groups excluding carboxylic acids is 3. The Morgan fingerprint density at radius 1 is 1.24 bits per heavy atom. The van der Waals surface area contributed by atoms with Crippen molar-refractivity contribution >= 4 is 29.1 Å². The van der Waals surface area contributed by atoms with Crippen LogP contribution in [0, 0.1) is 12.3 Å². The molecule has 1 fully saturated rings. The second-order valence-electron chi connectivity index (χ2n) is 9.58. The van der Waals surface area contributed by atoms with Gasteiger partial charge in [0.05, 0.1) is 22.2 Å². The number of hydrogen-bond acceptors (Lipinski definition) is 6. The van der Waals surface area contributed by atoms with Gasteiger partial charge in [0.1, 0.15) is 12.1 Å². The highest BCUT2D eigenvalue weighted by molar-refractivity contribution is 7.13. The van der Waals surface area contributed by atoms with E-state index in [1.807, 2.05) is 57.5 Å². The SMILES string of the molecule is CC(=O)NC(C(=O)N1C[C@H](O)C[C@H]1C(=O)NCc1ccc(-c2scnc2C)cc1)C(C)(C)C. The predicted molar refractivity (Wildman–Crippen MR) is 127 cm³/mol. The number of hydrogen-bond donors (Lipinski definition) is 3. The average Bonchev–Trinajstić information content (AvgIpc) is 3.35. The molecular weight excluding hydrogens is 440 g/mol. The zero-order valence-electron chi connectivity index (χ0n) is 19.7. The fourth-order valence-corrected chi connectivity index (χ4v) is 4.80. The molecule has 3 atom stereocenters. The van der Waals surface area contributed by atoms with Crippen LogP contribution < -0.4 is 10.6 Å². The highest BCUT2D eigenvalue weighted by Gasteiger charge is 2.44. The maximum atomic E-state index is 13.3. The monoisotopic (exact) mass is 472 g/mol. The van der Waals surface area contributed by atoms with Gasteiger partial charge in [-0.05, 0) is 23.5 Å². The van der Waals surface area contributed by atoms with Crippen LogP contribution in [0.2, 0.25) is 0 Å². The molecule has 3 amide bonds. The number of aromatic nitrogens is 1. The van der Waals surface area contributed by atoms with Crippen LogP contribution in [0.1, 0.15) is 45.4 Å². The van der Waals surface area contributed by atoms with E-state index in [1.54, 1.807) is 11.3 Å². The van der Waals surface area contributed by atoms with Crippen LogP contribution in [0.4, 0.5) is 0 Å². The third-order valence-corrected chi connectivity index (χ3v) is 6.73. The normalized spacial score (nSPS) is 19.3. The van der Waals surface area contributed by atoms with Gasteiger partial charge >= 0.3 is 0 Å². The molecular formula is C24H32N4O4S. The number of benzene rings is 1. The second kappa shape index (κ2) is 10.0. The van der Waals surface area contributed by atoms with E-state index in [2.05, 4.69) is 15.6 Å². The molecule has 9 heteroatoms. The summed E-state index contributed by atoms with van der Waals surface area (Å²) in [5.74, 6) is -1.00. The van der Waals surface area contributed by atoms with Gasteiger partial charge in [-0.15, -0.1) is 11.3 Å². The number of aliphatic hydroxyl groups excluding tert-OH is 1. The first-order valence-corrected chi connectivity index (χ1v) is 11.9. The molecule has 178 valence electrons. The van der Waals surface area contributed by atoms with E-state index < -0.39 is 23.6 Å². The molecule has 1 unspecified atom stereocenters. The van der Waals surface area contributed by atoms with Crippen LogP contribution in [0.15, 0.2) is 29.8 Å². The number of likely N-dealkylation sites (tertiary alicyclic amines) is 1. The van der Waals surface area contributed by atoms with Crippen molar-refractivity contribution in [3.8, 4) is 10.4 Å². The highest BCUT2D eigenvalue weighted by atomic mass is 32.1. The Balaban J connectivity index is 1.67. The van der Waals surface area contributed by atoms with Gasteiger partial charge in [0.15, 0.2) is 0 Å². The maximum absolute atomic E-state index is 13.3. The quantitative estimate of drug-likeness (QED) is 0.597. The van der Waals surface area contributed by atoms with Crippen molar-refractivity contribution in [3.05, 3.63) is 41.0 Å². The molecule has 3 rings (SSSR count). The Bertz CT molecular complexity index is 1010. The molecule has 0 aliphatic carbocycles. The van der Waals surface area contributed by atoms with E-state index in [4.69, 9.17) is 0 Å². The number of carbonyl (C=O) groups is 3. The van der Waals surface area contributed by atoms with Crippen LogP contribution in [-0.2, 0) is 20.9 Å². The third kappa shape index (κ3) is 5.97. The molecule has 0 bridgehead atoms. The van der Waals surface area contributed by atoms with Crippen molar-refractivity contribution in [3.63, 3.8) is 0 Å². The number of aliphatic hydroxyl groups is 1. The first-order valence-electron chi connectivity index (χ1n) is 11.0. The van der Waals surface area contributed by atoms with Crippen LogP contribution >= 0.6 is 11.3 Å². The zero-order chi connectivity index (χ0) is 24.3. The summed E-state index contributed by atoms with van der Waals surface area (Å²) in [5.41, 5.74) is 4.26. The summed E-state index contributed by atoms with van der Waals surface area (Å²) in [5, 5.41) is 15.8. The van der Waals surface area contributed by atoms with Gasteiger partial charge in [0, 0.05) is 26.4 Å². The van der Waals surface area contributed by atoms with Crippen LogP contribution in [0.25, 0.3) is 10.4 Å². The van der Waals surface area contributed by atoms with Gasteiger partial charge in [-0.1, -0.05) is 45.0 Å². The largest absolute Gasteiger partial charge is 0.391 e. The van der Waals surface area contributed by atoms with Gasteiger partial charge in [-0.3, -0.25) is 14.4 Å². The lowest BCUT2D eigenvalue weighted by Gasteiger charge is -2.35. The second-order valence-corrected chi connectivity index (χ2v) is 10.4. The smallest absolute Gasteiger partial charge is 0.246 e. The number of nitrogens with one attached hydrogen (secondary N) is 2. The molecule has 2 heterocycles. The van der Waals surface area contributed by atoms with Gasteiger partial charge < -0.3 is 20.6 Å². The Hall–Kier alpha value is -2.78. The Morgan fingerprint density at radius 3 is 2.45 bits per heavy atom. The number of thiazole rings is 1. The van der Waals surface area contributed by atoms with Gasteiger partial charge in [-0.2, -0.15) is 0 Å². The lowest BCUT2D eigenvalue weighted by molar-refractivity contribution is -0.143. The van der Waals surface area contributed by atoms with Crippen LogP contribution in [0.5, 0.6) is 0 Å². The summed E-state index contributed by atoms with van der Waals surface area (Å²) in [7, 11) is 0. The van der Waals surface area contributed by atoms with E-state index in [9.17, 15) is 19.5 Å². The summed E-state index contributed by atoms with van der Waals surface area (Å²) in [6, 6.07) is 6.32. The first kappa shape index (κ1) is 24.9. The van der Waals surface area contributed by atoms with Crippen molar-refractivity contribution < 1.29 is 19.5 Å². The first-order chi connectivity index (χ1) is 15.5. The summed E-state index contributed by atoms with van der Waals surface area (Å²) >= 11 is 1.59. The minimum absolute atomic E-state index is 0.0615. The topological polar surface area (TPSA) is 112 Å². The molecule has 1 saturated heterocycles.